The van der Waals surface area contributed by atoms with Crippen molar-refractivity contribution < 1.29 is 29.6 Å². The van der Waals surface area contributed by atoms with Crippen molar-refractivity contribution in [3.05, 3.63) is 59.7 Å². The van der Waals surface area contributed by atoms with Gasteiger partial charge in [-0.2, -0.15) is 0 Å². The number of cyclic esters (lactones) is 1. The molecule has 2 aromatic rings. The number of rotatable bonds is 3. The van der Waals surface area contributed by atoms with E-state index in [1.807, 2.05) is 0 Å². The Bertz CT molecular complexity index is 864. The number of ether oxygens (including phenoxy) is 1. The lowest BCUT2D eigenvalue weighted by atomic mass is 9.85. The highest BCUT2D eigenvalue weighted by molar-refractivity contribution is 5.89. The number of benzene rings is 2. The first-order valence-electron chi connectivity index (χ1n) is 7.37. The Labute approximate surface area is 142 Å². The molecule has 1 atom stereocenters. The molecule has 1 heterocycles. The summed E-state index contributed by atoms with van der Waals surface area (Å²) in [4.78, 5) is 22.9. The number of phenols is 3. The van der Waals surface area contributed by atoms with Gasteiger partial charge in [-0.15, -0.1) is 0 Å². The lowest BCUT2D eigenvalue weighted by Crippen LogP contribution is -2.27. The number of carbonyl (C=O) groups is 2. The smallest absolute Gasteiger partial charge is 0.332 e. The highest BCUT2D eigenvalue weighted by atomic mass is 16.6. The summed E-state index contributed by atoms with van der Waals surface area (Å²) in [5.41, 5.74) is -0.633. The van der Waals surface area contributed by atoms with E-state index in [-0.39, 0.29) is 17.2 Å². The predicted molar refractivity (Wildman–Crippen MR) is 88.2 cm³/mol. The van der Waals surface area contributed by atoms with Crippen LogP contribution in [0, 0.1) is 0 Å². The molecule has 1 aliphatic rings. The van der Waals surface area contributed by atoms with Crippen molar-refractivity contribution in [3.63, 3.8) is 0 Å². The maximum absolute atomic E-state index is 11.7. The van der Waals surface area contributed by atoms with Crippen LogP contribution in [-0.4, -0.2) is 27.2 Å². The second-order valence-corrected chi connectivity index (χ2v) is 5.61. The first-order valence-corrected chi connectivity index (χ1v) is 7.37. The Kier molecular flexibility index (Phi) is 3.84. The van der Waals surface area contributed by atoms with E-state index < -0.39 is 23.1 Å². The number of aromatic hydroxyl groups is 3. The van der Waals surface area contributed by atoms with Crippen LogP contribution in [0.4, 0.5) is 5.69 Å². The number of hydrogen-bond acceptors (Lipinski definition) is 6. The zero-order valence-electron chi connectivity index (χ0n) is 13.2. The molecule has 0 aromatic heterocycles. The lowest BCUT2D eigenvalue weighted by Gasteiger charge is -2.29. The molecule has 3 rings (SSSR count). The highest BCUT2D eigenvalue weighted by Gasteiger charge is 2.44. The summed E-state index contributed by atoms with van der Waals surface area (Å²) in [6.07, 6.45) is 2.60. The number of phenolic OH excluding ortho intramolecular Hbond substituents is 3. The Morgan fingerprint density at radius 2 is 1.68 bits per heavy atom. The molecule has 1 amide bonds. The number of amides is 1. The van der Waals surface area contributed by atoms with Crippen molar-refractivity contribution in [2.45, 2.75) is 12.5 Å². The fourth-order valence-corrected chi connectivity index (χ4v) is 2.83. The van der Waals surface area contributed by atoms with E-state index in [1.165, 1.54) is 19.1 Å². The van der Waals surface area contributed by atoms with Gasteiger partial charge in [0.2, 0.25) is 5.91 Å². The third-order valence-electron chi connectivity index (χ3n) is 3.80. The number of esters is 1. The molecule has 0 saturated heterocycles. The summed E-state index contributed by atoms with van der Waals surface area (Å²) < 4.78 is 5.40. The summed E-state index contributed by atoms with van der Waals surface area (Å²) in [6, 6.07) is 8.49. The topological polar surface area (TPSA) is 116 Å². The van der Waals surface area contributed by atoms with Crippen LogP contribution in [-0.2, 0) is 19.9 Å². The van der Waals surface area contributed by atoms with Crippen LogP contribution in [0.15, 0.2) is 48.6 Å². The maximum atomic E-state index is 11.7. The first kappa shape index (κ1) is 16.4. The SMILES string of the molecule is CC(=O)Nc1ccc(C2(c3c(O)cc(O)cc3O)C=CC(=O)O2)cc1. The van der Waals surface area contributed by atoms with Crippen molar-refractivity contribution in [1.82, 2.24) is 0 Å². The van der Waals surface area contributed by atoms with Crippen molar-refractivity contribution >= 4 is 17.6 Å². The number of hydrogen-bond donors (Lipinski definition) is 4. The molecule has 0 spiro atoms. The minimum atomic E-state index is -1.55. The van der Waals surface area contributed by atoms with Gasteiger partial charge in [0, 0.05) is 36.4 Å². The van der Waals surface area contributed by atoms with Crippen LogP contribution in [0.2, 0.25) is 0 Å². The van der Waals surface area contributed by atoms with Crippen molar-refractivity contribution in [1.29, 1.82) is 0 Å². The Balaban J connectivity index is 2.14. The molecule has 2 aromatic carbocycles. The minimum Gasteiger partial charge on any atom is -0.508 e. The molecule has 7 heteroatoms. The van der Waals surface area contributed by atoms with Gasteiger partial charge in [-0.3, -0.25) is 4.79 Å². The summed E-state index contributed by atoms with van der Waals surface area (Å²) in [6.45, 7) is 1.38. The van der Waals surface area contributed by atoms with Crippen LogP contribution in [0.25, 0.3) is 0 Å². The van der Waals surface area contributed by atoms with Gasteiger partial charge in [0.15, 0.2) is 5.60 Å². The van der Waals surface area contributed by atoms with Crippen LogP contribution >= 0.6 is 0 Å². The van der Waals surface area contributed by atoms with Crippen molar-refractivity contribution in [2.75, 3.05) is 5.32 Å². The van der Waals surface area contributed by atoms with Gasteiger partial charge in [-0.1, -0.05) is 12.1 Å². The second kappa shape index (κ2) is 5.86. The van der Waals surface area contributed by atoms with Crippen LogP contribution in [0.3, 0.4) is 0 Å². The number of nitrogens with one attached hydrogen (secondary N) is 1. The summed E-state index contributed by atoms with van der Waals surface area (Å²) in [7, 11) is 0. The normalized spacial score (nSPS) is 18.8. The number of carbonyl (C=O) groups excluding carboxylic acids is 2. The average Bonchev–Trinajstić information content (AvgIpc) is 2.89. The van der Waals surface area contributed by atoms with Gasteiger partial charge in [-0.05, 0) is 18.2 Å². The van der Waals surface area contributed by atoms with Gasteiger partial charge in [0.25, 0.3) is 0 Å². The quantitative estimate of drug-likeness (QED) is 0.636. The van der Waals surface area contributed by atoms with E-state index in [1.54, 1.807) is 24.3 Å². The zero-order chi connectivity index (χ0) is 18.2. The molecule has 4 N–H and O–H groups in total. The van der Waals surface area contributed by atoms with Gasteiger partial charge in [0.05, 0.1) is 5.56 Å². The molecule has 7 nitrogen and oxygen atoms in total. The Hall–Kier alpha value is -3.48. The van der Waals surface area contributed by atoms with Gasteiger partial charge < -0.3 is 25.4 Å². The molecule has 0 saturated carbocycles. The Morgan fingerprint density at radius 1 is 1.08 bits per heavy atom. The largest absolute Gasteiger partial charge is 0.508 e. The van der Waals surface area contributed by atoms with E-state index in [2.05, 4.69) is 5.32 Å². The Morgan fingerprint density at radius 3 is 2.16 bits per heavy atom. The average molecular weight is 341 g/mol. The van der Waals surface area contributed by atoms with Crippen molar-refractivity contribution in [3.8, 4) is 17.2 Å². The fraction of sp³-hybridized carbons (Fsp3) is 0.111. The molecule has 0 aliphatic carbocycles. The summed E-state index contributed by atoms with van der Waals surface area (Å²) in [5.74, 6) is -2.06. The monoisotopic (exact) mass is 341 g/mol. The molecular formula is C18H15NO6. The standard InChI is InChI=1S/C18H15NO6/c1-10(20)19-12-4-2-11(3-5-12)18(7-6-16(24)25-18)17-14(22)8-13(21)9-15(17)23/h2-9,21-23H,1H3,(H,19,20). The maximum Gasteiger partial charge on any atom is 0.332 e. The molecule has 0 bridgehead atoms. The van der Waals surface area contributed by atoms with Crippen LogP contribution < -0.4 is 5.32 Å². The van der Waals surface area contributed by atoms with Gasteiger partial charge in [0.1, 0.15) is 17.2 Å². The van der Waals surface area contributed by atoms with E-state index in [4.69, 9.17) is 4.74 Å². The van der Waals surface area contributed by atoms with Crippen LogP contribution in [0.1, 0.15) is 18.1 Å². The summed E-state index contributed by atoms with van der Waals surface area (Å²) in [5, 5.41) is 32.6. The third kappa shape index (κ3) is 2.87. The number of anilines is 1. The molecular weight excluding hydrogens is 326 g/mol. The van der Waals surface area contributed by atoms with E-state index in [9.17, 15) is 24.9 Å². The molecule has 25 heavy (non-hydrogen) atoms. The molecule has 1 unspecified atom stereocenters. The predicted octanol–water partition coefficient (Wildman–Crippen LogP) is 2.12. The molecule has 1 aliphatic heterocycles. The molecule has 0 radical (unpaired) electrons. The zero-order valence-corrected chi connectivity index (χ0v) is 13.2. The van der Waals surface area contributed by atoms with Crippen LogP contribution in [0.5, 0.6) is 17.2 Å². The van der Waals surface area contributed by atoms with Gasteiger partial charge in [-0.25, -0.2) is 4.79 Å². The van der Waals surface area contributed by atoms with Crippen molar-refractivity contribution in [2.24, 2.45) is 0 Å². The van der Waals surface area contributed by atoms with Gasteiger partial charge >= 0.3 is 5.97 Å². The molecule has 128 valence electrons. The van der Waals surface area contributed by atoms with E-state index in [0.29, 0.717) is 11.3 Å². The second-order valence-electron chi connectivity index (χ2n) is 5.61. The van der Waals surface area contributed by atoms with E-state index in [0.717, 1.165) is 12.1 Å². The first-order chi connectivity index (χ1) is 11.8. The highest BCUT2D eigenvalue weighted by Crippen LogP contribution is 2.48. The fourth-order valence-electron chi connectivity index (χ4n) is 2.83. The molecule has 0 fully saturated rings. The lowest BCUT2D eigenvalue weighted by molar-refractivity contribution is -0.143. The minimum absolute atomic E-state index is 0.0697. The summed E-state index contributed by atoms with van der Waals surface area (Å²) >= 11 is 0. The third-order valence-corrected chi connectivity index (χ3v) is 3.80. The van der Waals surface area contributed by atoms with E-state index >= 15 is 0 Å².